The standard InChI is InChI=1S/C9H11ClO2/c1-5(2)7-3-6(10)4-8(11)9(7)12/h3-5,11-12H,1-2H3. The van der Waals surface area contributed by atoms with Crippen LogP contribution >= 0.6 is 11.6 Å². The van der Waals surface area contributed by atoms with E-state index in [4.69, 9.17) is 11.6 Å². The molecule has 0 spiro atoms. The van der Waals surface area contributed by atoms with Gasteiger partial charge in [-0.1, -0.05) is 25.4 Å². The lowest BCUT2D eigenvalue weighted by Gasteiger charge is -2.09. The van der Waals surface area contributed by atoms with Crippen LogP contribution in [0.5, 0.6) is 11.5 Å². The maximum absolute atomic E-state index is 9.38. The highest BCUT2D eigenvalue weighted by atomic mass is 35.5. The lowest BCUT2D eigenvalue weighted by molar-refractivity contribution is 0.397. The average molecular weight is 187 g/mol. The van der Waals surface area contributed by atoms with Gasteiger partial charge in [0.25, 0.3) is 0 Å². The van der Waals surface area contributed by atoms with Gasteiger partial charge < -0.3 is 10.2 Å². The highest BCUT2D eigenvalue weighted by molar-refractivity contribution is 6.30. The fourth-order valence-electron chi connectivity index (χ4n) is 1.05. The van der Waals surface area contributed by atoms with Crippen LogP contribution in [-0.4, -0.2) is 10.2 Å². The molecule has 0 aliphatic carbocycles. The van der Waals surface area contributed by atoms with Gasteiger partial charge in [-0.2, -0.15) is 0 Å². The zero-order chi connectivity index (χ0) is 9.30. The van der Waals surface area contributed by atoms with Gasteiger partial charge in [0, 0.05) is 16.7 Å². The summed E-state index contributed by atoms with van der Waals surface area (Å²) in [5.74, 6) is -0.0878. The van der Waals surface area contributed by atoms with Crippen LogP contribution in [0.3, 0.4) is 0 Å². The first kappa shape index (κ1) is 9.20. The van der Waals surface area contributed by atoms with Crippen molar-refractivity contribution in [2.45, 2.75) is 19.8 Å². The summed E-state index contributed by atoms with van der Waals surface area (Å²) in [6.07, 6.45) is 0. The second-order valence-electron chi connectivity index (χ2n) is 3.02. The van der Waals surface area contributed by atoms with Gasteiger partial charge in [-0.15, -0.1) is 0 Å². The van der Waals surface area contributed by atoms with Crippen LogP contribution in [0.25, 0.3) is 0 Å². The quantitative estimate of drug-likeness (QED) is 0.663. The zero-order valence-corrected chi connectivity index (χ0v) is 7.76. The molecule has 2 nitrogen and oxygen atoms in total. The Labute approximate surface area is 76.4 Å². The minimum Gasteiger partial charge on any atom is -0.504 e. The van der Waals surface area contributed by atoms with Crippen LogP contribution in [0.15, 0.2) is 12.1 Å². The normalized spacial score (nSPS) is 10.7. The number of halogens is 1. The Morgan fingerprint density at radius 3 is 2.33 bits per heavy atom. The van der Waals surface area contributed by atoms with Gasteiger partial charge in [0.2, 0.25) is 0 Å². The van der Waals surface area contributed by atoms with Crippen LogP contribution in [0, 0.1) is 0 Å². The van der Waals surface area contributed by atoms with Crippen molar-refractivity contribution >= 4 is 11.6 Å². The third-order valence-electron chi connectivity index (χ3n) is 1.71. The number of rotatable bonds is 1. The van der Waals surface area contributed by atoms with Crippen molar-refractivity contribution < 1.29 is 10.2 Å². The molecule has 2 N–H and O–H groups in total. The SMILES string of the molecule is CC(C)c1cc(Cl)cc(O)c1O. The molecule has 1 aromatic carbocycles. The first-order chi connectivity index (χ1) is 5.52. The van der Waals surface area contributed by atoms with Gasteiger partial charge in [-0.3, -0.25) is 0 Å². The fourth-order valence-corrected chi connectivity index (χ4v) is 1.27. The molecule has 12 heavy (non-hydrogen) atoms. The van der Waals surface area contributed by atoms with Crippen molar-refractivity contribution in [2.24, 2.45) is 0 Å². The molecular weight excluding hydrogens is 176 g/mol. The van der Waals surface area contributed by atoms with Gasteiger partial charge in [0.05, 0.1) is 0 Å². The lowest BCUT2D eigenvalue weighted by atomic mass is 10.0. The van der Waals surface area contributed by atoms with Crippen molar-refractivity contribution in [3.63, 3.8) is 0 Å². The van der Waals surface area contributed by atoms with Crippen LogP contribution < -0.4 is 0 Å². The monoisotopic (exact) mass is 186 g/mol. The number of phenols is 2. The predicted octanol–water partition coefficient (Wildman–Crippen LogP) is 2.87. The molecule has 0 heterocycles. The van der Waals surface area contributed by atoms with Crippen LogP contribution in [0.4, 0.5) is 0 Å². The molecule has 1 aromatic rings. The van der Waals surface area contributed by atoms with E-state index in [0.717, 1.165) is 0 Å². The maximum Gasteiger partial charge on any atom is 0.161 e. The number of hydrogen-bond acceptors (Lipinski definition) is 2. The van der Waals surface area contributed by atoms with Crippen LogP contribution in [-0.2, 0) is 0 Å². The van der Waals surface area contributed by atoms with E-state index >= 15 is 0 Å². The number of benzene rings is 1. The number of phenolic OH excluding ortho intramolecular Hbond substituents is 2. The van der Waals surface area contributed by atoms with Crippen LogP contribution in [0.2, 0.25) is 5.02 Å². The molecule has 0 saturated heterocycles. The summed E-state index contributed by atoms with van der Waals surface area (Å²) >= 11 is 5.70. The second kappa shape index (κ2) is 3.23. The Kier molecular flexibility index (Phi) is 2.48. The molecule has 0 radical (unpaired) electrons. The number of hydrogen-bond donors (Lipinski definition) is 2. The molecule has 0 bridgehead atoms. The fraction of sp³-hybridized carbons (Fsp3) is 0.333. The Morgan fingerprint density at radius 1 is 1.25 bits per heavy atom. The van der Waals surface area contributed by atoms with Gasteiger partial charge in [-0.25, -0.2) is 0 Å². The van der Waals surface area contributed by atoms with Crippen LogP contribution in [0.1, 0.15) is 25.3 Å². The first-order valence-electron chi connectivity index (χ1n) is 3.73. The molecule has 0 amide bonds. The van der Waals surface area contributed by atoms with E-state index in [0.29, 0.717) is 10.6 Å². The second-order valence-corrected chi connectivity index (χ2v) is 3.45. The van der Waals surface area contributed by atoms with E-state index in [1.165, 1.54) is 6.07 Å². The minimum atomic E-state index is -0.161. The van der Waals surface area contributed by atoms with Crippen molar-refractivity contribution in [1.29, 1.82) is 0 Å². The highest BCUT2D eigenvalue weighted by Gasteiger charge is 2.10. The zero-order valence-electron chi connectivity index (χ0n) is 7.00. The Bertz CT molecular complexity index is 295. The van der Waals surface area contributed by atoms with Gasteiger partial charge >= 0.3 is 0 Å². The van der Waals surface area contributed by atoms with Gasteiger partial charge in [0.1, 0.15) is 0 Å². The van der Waals surface area contributed by atoms with E-state index in [2.05, 4.69) is 0 Å². The molecule has 1 rings (SSSR count). The summed E-state index contributed by atoms with van der Waals surface area (Å²) < 4.78 is 0. The van der Waals surface area contributed by atoms with Gasteiger partial charge in [-0.05, 0) is 12.0 Å². The maximum atomic E-state index is 9.38. The summed E-state index contributed by atoms with van der Waals surface area (Å²) in [4.78, 5) is 0. The highest BCUT2D eigenvalue weighted by Crippen LogP contribution is 2.36. The van der Waals surface area contributed by atoms with Crippen molar-refractivity contribution in [1.82, 2.24) is 0 Å². The summed E-state index contributed by atoms with van der Waals surface area (Å²) in [7, 11) is 0. The van der Waals surface area contributed by atoms with E-state index in [-0.39, 0.29) is 17.4 Å². The number of aromatic hydroxyl groups is 2. The summed E-state index contributed by atoms with van der Waals surface area (Å²) in [5, 5.41) is 19.0. The van der Waals surface area contributed by atoms with Crippen molar-refractivity contribution in [2.75, 3.05) is 0 Å². The molecule has 0 aliphatic rings. The molecular formula is C9H11ClO2. The third kappa shape index (κ3) is 1.64. The first-order valence-corrected chi connectivity index (χ1v) is 4.11. The van der Waals surface area contributed by atoms with E-state index < -0.39 is 0 Å². The Balaban J connectivity index is 3.28. The third-order valence-corrected chi connectivity index (χ3v) is 1.92. The van der Waals surface area contributed by atoms with Crippen molar-refractivity contribution in [3.05, 3.63) is 22.7 Å². The smallest absolute Gasteiger partial charge is 0.161 e. The van der Waals surface area contributed by atoms with Gasteiger partial charge in [0.15, 0.2) is 11.5 Å². The van der Waals surface area contributed by atoms with E-state index in [1.807, 2.05) is 13.8 Å². The molecule has 0 unspecified atom stereocenters. The average Bonchev–Trinajstić information content (AvgIpc) is 1.96. The van der Waals surface area contributed by atoms with Crippen molar-refractivity contribution in [3.8, 4) is 11.5 Å². The molecule has 0 fully saturated rings. The molecule has 0 aliphatic heterocycles. The summed E-state index contributed by atoms with van der Waals surface area (Å²) in [5.41, 5.74) is 0.667. The summed E-state index contributed by atoms with van der Waals surface area (Å²) in [6, 6.07) is 2.98. The lowest BCUT2D eigenvalue weighted by Crippen LogP contribution is -1.88. The molecule has 0 aromatic heterocycles. The predicted molar refractivity (Wildman–Crippen MR) is 48.9 cm³/mol. The Morgan fingerprint density at radius 2 is 1.83 bits per heavy atom. The summed E-state index contributed by atoms with van der Waals surface area (Å²) in [6.45, 7) is 3.84. The molecule has 0 saturated carbocycles. The largest absolute Gasteiger partial charge is 0.504 e. The van der Waals surface area contributed by atoms with E-state index in [9.17, 15) is 10.2 Å². The molecule has 3 heteroatoms. The molecule has 0 atom stereocenters. The van der Waals surface area contributed by atoms with E-state index in [1.54, 1.807) is 6.07 Å². The Hall–Kier alpha value is -0.890. The molecule has 66 valence electrons. The minimum absolute atomic E-state index is 0.0746. The topological polar surface area (TPSA) is 40.5 Å².